The predicted molar refractivity (Wildman–Crippen MR) is 82.4 cm³/mol. The maximum atomic E-state index is 12.4. The van der Waals surface area contributed by atoms with E-state index in [1.54, 1.807) is 34.9 Å². The molecule has 0 bridgehead atoms. The van der Waals surface area contributed by atoms with E-state index in [0.29, 0.717) is 29.7 Å². The zero-order valence-corrected chi connectivity index (χ0v) is 13.1. The lowest BCUT2D eigenvalue weighted by Gasteiger charge is -2.16. The molecule has 2 aromatic rings. The number of benzene rings is 1. The van der Waals surface area contributed by atoms with Crippen molar-refractivity contribution in [2.45, 2.75) is 13.8 Å². The van der Waals surface area contributed by atoms with Gasteiger partial charge in [-0.05, 0) is 32.0 Å². The minimum Gasteiger partial charge on any atom is -0.481 e. The fraction of sp³-hybridized carbons (Fsp3) is 0.333. The average Bonchev–Trinajstić information content (AvgIpc) is 2.92. The van der Waals surface area contributed by atoms with Gasteiger partial charge >= 0.3 is 0 Å². The maximum absolute atomic E-state index is 12.4. The summed E-state index contributed by atoms with van der Waals surface area (Å²) in [6.07, 6.45) is 0. The van der Waals surface area contributed by atoms with Gasteiger partial charge in [0, 0.05) is 24.2 Å². The number of methoxy groups -OCH3 is 1. The molecule has 0 aliphatic carbocycles. The molecule has 1 heterocycles. The zero-order chi connectivity index (χ0) is 15.4. The number of ether oxygens (including phenoxy) is 1. The Hall–Kier alpha value is -2.01. The third-order valence-electron chi connectivity index (χ3n) is 3.21. The molecular weight excluding hydrogens is 290 g/mol. The SMILES string of the molecule is CCN(CC)C(=O)c1cc(OC)n(-c2cccc(Cl)c2)n1. The van der Waals surface area contributed by atoms with Gasteiger partial charge in [0.15, 0.2) is 5.69 Å². The van der Waals surface area contributed by atoms with Crippen LogP contribution in [-0.2, 0) is 0 Å². The highest BCUT2D eigenvalue weighted by Crippen LogP contribution is 2.22. The normalized spacial score (nSPS) is 10.5. The fourth-order valence-electron chi connectivity index (χ4n) is 2.08. The number of amides is 1. The first kappa shape index (κ1) is 15.4. The van der Waals surface area contributed by atoms with Gasteiger partial charge in [-0.25, -0.2) is 4.68 Å². The van der Waals surface area contributed by atoms with Crippen LogP contribution in [0.5, 0.6) is 5.88 Å². The summed E-state index contributed by atoms with van der Waals surface area (Å²) in [6, 6.07) is 8.87. The summed E-state index contributed by atoms with van der Waals surface area (Å²) < 4.78 is 6.88. The van der Waals surface area contributed by atoms with Crippen LogP contribution in [0.1, 0.15) is 24.3 Å². The van der Waals surface area contributed by atoms with Crippen molar-refractivity contribution in [2.24, 2.45) is 0 Å². The smallest absolute Gasteiger partial charge is 0.274 e. The summed E-state index contributed by atoms with van der Waals surface area (Å²) in [5, 5.41) is 4.95. The number of rotatable bonds is 5. The van der Waals surface area contributed by atoms with Crippen LogP contribution in [0.15, 0.2) is 30.3 Å². The molecule has 0 saturated heterocycles. The lowest BCUT2D eigenvalue weighted by Crippen LogP contribution is -2.30. The molecule has 21 heavy (non-hydrogen) atoms. The Labute approximate surface area is 129 Å². The Morgan fingerprint density at radius 2 is 2.05 bits per heavy atom. The van der Waals surface area contributed by atoms with E-state index in [4.69, 9.17) is 16.3 Å². The van der Waals surface area contributed by atoms with Crippen LogP contribution in [0.3, 0.4) is 0 Å². The van der Waals surface area contributed by atoms with Crippen molar-refractivity contribution in [1.29, 1.82) is 0 Å². The Kier molecular flexibility index (Phi) is 4.85. The Balaban J connectivity index is 2.42. The number of nitrogens with zero attached hydrogens (tertiary/aromatic N) is 3. The zero-order valence-electron chi connectivity index (χ0n) is 12.3. The van der Waals surface area contributed by atoms with E-state index in [0.717, 1.165) is 5.69 Å². The predicted octanol–water partition coefficient (Wildman–Crippen LogP) is 3.02. The number of aromatic nitrogens is 2. The highest BCUT2D eigenvalue weighted by atomic mass is 35.5. The minimum absolute atomic E-state index is 0.112. The second-order valence-electron chi connectivity index (χ2n) is 4.44. The molecule has 2 rings (SSSR count). The average molecular weight is 308 g/mol. The van der Waals surface area contributed by atoms with E-state index in [1.165, 1.54) is 0 Å². The highest BCUT2D eigenvalue weighted by Gasteiger charge is 2.19. The topological polar surface area (TPSA) is 47.4 Å². The van der Waals surface area contributed by atoms with E-state index in [-0.39, 0.29) is 5.91 Å². The summed E-state index contributed by atoms with van der Waals surface area (Å²) in [4.78, 5) is 14.1. The number of carbonyl (C=O) groups excluding carboxylic acids is 1. The van der Waals surface area contributed by atoms with Gasteiger partial charge in [-0.3, -0.25) is 4.79 Å². The molecule has 112 valence electrons. The summed E-state index contributed by atoms with van der Waals surface area (Å²) >= 11 is 6.00. The summed E-state index contributed by atoms with van der Waals surface area (Å²) in [5.74, 6) is 0.381. The van der Waals surface area contributed by atoms with Gasteiger partial charge in [-0.1, -0.05) is 17.7 Å². The number of halogens is 1. The number of hydrogen-bond acceptors (Lipinski definition) is 3. The summed E-state index contributed by atoms with van der Waals surface area (Å²) in [6.45, 7) is 5.16. The van der Waals surface area contributed by atoms with E-state index >= 15 is 0 Å². The van der Waals surface area contributed by atoms with Crippen molar-refractivity contribution in [3.8, 4) is 11.6 Å². The van der Waals surface area contributed by atoms with Gasteiger partial charge in [-0.2, -0.15) is 5.10 Å². The molecule has 0 aliphatic heterocycles. The largest absolute Gasteiger partial charge is 0.481 e. The molecule has 0 N–H and O–H groups in total. The number of hydrogen-bond donors (Lipinski definition) is 0. The van der Waals surface area contributed by atoms with Crippen LogP contribution >= 0.6 is 11.6 Å². The highest BCUT2D eigenvalue weighted by molar-refractivity contribution is 6.30. The first-order valence-corrected chi connectivity index (χ1v) is 7.17. The van der Waals surface area contributed by atoms with Crippen molar-refractivity contribution in [1.82, 2.24) is 14.7 Å². The van der Waals surface area contributed by atoms with Crippen molar-refractivity contribution in [2.75, 3.05) is 20.2 Å². The monoisotopic (exact) mass is 307 g/mol. The van der Waals surface area contributed by atoms with E-state index < -0.39 is 0 Å². The van der Waals surface area contributed by atoms with E-state index in [1.807, 2.05) is 26.0 Å². The van der Waals surface area contributed by atoms with E-state index in [2.05, 4.69) is 5.10 Å². The molecule has 0 radical (unpaired) electrons. The molecule has 0 atom stereocenters. The van der Waals surface area contributed by atoms with Crippen molar-refractivity contribution < 1.29 is 9.53 Å². The van der Waals surface area contributed by atoms with Gasteiger partial charge in [-0.15, -0.1) is 0 Å². The molecule has 1 aromatic heterocycles. The second-order valence-corrected chi connectivity index (χ2v) is 4.88. The lowest BCUT2D eigenvalue weighted by molar-refractivity contribution is 0.0766. The minimum atomic E-state index is -0.112. The molecule has 6 heteroatoms. The van der Waals surface area contributed by atoms with E-state index in [9.17, 15) is 4.79 Å². The Morgan fingerprint density at radius 3 is 2.62 bits per heavy atom. The van der Waals surface area contributed by atoms with Gasteiger partial charge in [0.1, 0.15) is 0 Å². The summed E-state index contributed by atoms with van der Waals surface area (Å²) in [7, 11) is 1.55. The Morgan fingerprint density at radius 1 is 1.33 bits per heavy atom. The molecule has 0 unspecified atom stereocenters. The van der Waals surface area contributed by atoms with Gasteiger partial charge < -0.3 is 9.64 Å². The fourth-order valence-corrected chi connectivity index (χ4v) is 2.26. The summed E-state index contributed by atoms with van der Waals surface area (Å²) in [5.41, 5.74) is 1.11. The van der Waals surface area contributed by atoms with Crippen molar-refractivity contribution >= 4 is 17.5 Å². The first-order chi connectivity index (χ1) is 10.1. The molecule has 0 saturated carbocycles. The van der Waals surface area contributed by atoms with Crippen LogP contribution < -0.4 is 4.74 Å². The maximum Gasteiger partial charge on any atom is 0.274 e. The lowest BCUT2D eigenvalue weighted by atomic mass is 10.3. The van der Waals surface area contributed by atoms with Crippen molar-refractivity contribution in [3.63, 3.8) is 0 Å². The molecule has 1 amide bonds. The molecular formula is C15H18ClN3O2. The van der Waals surface area contributed by atoms with Crippen LogP contribution in [0.25, 0.3) is 5.69 Å². The quantitative estimate of drug-likeness (QED) is 0.853. The van der Waals surface area contributed by atoms with Gasteiger partial charge in [0.25, 0.3) is 5.91 Å². The third-order valence-corrected chi connectivity index (χ3v) is 3.44. The third kappa shape index (κ3) is 3.19. The van der Waals surface area contributed by atoms with Crippen LogP contribution in [0.4, 0.5) is 0 Å². The molecule has 1 aromatic carbocycles. The second kappa shape index (κ2) is 6.63. The van der Waals surface area contributed by atoms with Gasteiger partial charge in [0.2, 0.25) is 5.88 Å². The molecule has 5 nitrogen and oxygen atoms in total. The van der Waals surface area contributed by atoms with Crippen LogP contribution in [-0.4, -0.2) is 40.8 Å². The molecule has 0 spiro atoms. The Bertz CT molecular complexity index is 636. The molecule has 0 fully saturated rings. The molecule has 0 aliphatic rings. The first-order valence-electron chi connectivity index (χ1n) is 6.80. The van der Waals surface area contributed by atoms with Crippen molar-refractivity contribution in [3.05, 3.63) is 41.0 Å². The number of carbonyl (C=O) groups is 1. The van der Waals surface area contributed by atoms with Crippen LogP contribution in [0.2, 0.25) is 5.02 Å². The van der Waals surface area contributed by atoms with Gasteiger partial charge in [0.05, 0.1) is 12.8 Å². The standard InChI is InChI=1S/C15H18ClN3O2/c1-4-18(5-2)15(20)13-10-14(21-3)19(17-13)12-8-6-7-11(16)9-12/h6-10H,4-5H2,1-3H3. The van der Waals surface area contributed by atoms with Crippen LogP contribution in [0, 0.1) is 0 Å².